The van der Waals surface area contributed by atoms with Crippen LogP contribution in [0, 0.1) is 0 Å². The predicted octanol–water partition coefficient (Wildman–Crippen LogP) is 0.712. The van der Waals surface area contributed by atoms with Crippen LogP contribution in [0.25, 0.3) is 0 Å². The molecule has 6 heteroatoms. The summed E-state index contributed by atoms with van der Waals surface area (Å²) in [6.45, 7) is 0. The molecule has 0 saturated carbocycles. The monoisotopic (exact) mass is 218 g/mol. The molecule has 0 fully saturated rings. The third kappa shape index (κ3) is 1.95. The number of anilines is 1. The SMILES string of the molecule is NC(=O)OC1=C(N)Nc2ccccc2C=N1. The Bertz CT molecular complexity index is 493. The van der Waals surface area contributed by atoms with E-state index in [4.69, 9.17) is 11.5 Å². The molecule has 1 aliphatic heterocycles. The van der Waals surface area contributed by atoms with Crippen molar-refractivity contribution in [3.8, 4) is 0 Å². The number of rotatable bonds is 1. The lowest BCUT2D eigenvalue weighted by Gasteiger charge is -2.07. The number of hydrogen-bond acceptors (Lipinski definition) is 5. The van der Waals surface area contributed by atoms with Crippen molar-refractivity contribution in [2.75, 3.05) is 5.32 Å². The van der Waals surface area contributed by atoms with Gasteiger partial charge in [-0.05, 0) is 6.07 Å². The molecule has 5 N–H and O–H groups in total. The molecule has 0 spiro atoms. The minimum Gasteiger partial charge on any atom is -0.387 e. The number of para-hydroxylation sites is 1. The standard InChI is InChI=1S/C10H10N4O2/c11-8-9(16-10(12)15)13-5-6-3-1-2-4-7(6)14-8/h1-5,14H,11H2,(H2,12,15). The minimum absolute atomic E-state index is 0.0382. The number of ether oxygens (including phenoxy) is 1. The summed E-state index contributed by atoms with van der Waals surface area (Å²) >= 11 is 0. The Morgan fingerprint density at radius 3 is 2.88 bits per heavy atom. The molecule has 0 aromatic heterocycles. The molecule has 1 heterocycles. The van der Waals surface area contributed by atoms with E-state index in [1.807, 2.05) is 24.3 Å². The van der Waals surface area contributed by atoms with Gasteiger partial charge in [-0.3, -0.25) is 0 Å². The van der Waals surface area contributed by atoms with Gasteiger partial charge in [0.2, 0.25) is 0 Å². The summed E-state index contributed by atoms with van der Waals surface area (Å²) in [6, 6.07) is 7.41. The van der Waals surface area contributed by atoms with Crippen molar-refractivity contribution in [1.29, 1.82) is 0 Å². The van der Waals surface area contributed by atoms with Gasteiger partial charge in [0.1, 0.15) is 0 Å². The lowest BCUT2D eigenvalue weighted by molar-refractivity contribution is 0.185. The summed E-state index contributed by atoms with van der Waals surface area (Å²) in [5.41, 5.74) is 12.2. The average molecular weight is 218 g/mol. The second-order valence-electron chi connectivity index (χ2n) is 3.11. The molecule has 2 rings (SSSR count). The molecule has 1 aromatic carbocycles. The quantitative estimate of drug-likeness (QED) is 0.645. The van der Waals surface area contributed by atoms with Crippen molar-refractivity contribution >= 4 is 18.0 Å². The number of aliphatic imine (C=N–C) groups is 1. The first-order valence-electron chi connectivity index (χ1n) is 4.54. The minimum atomic E-state index is -0.956. The Kier molecular flexibility index (Phi) is 2.47. The van der Waals surface area contributed by atoms with Crippen LogP contribution in [0.5, 0.6) is 0 Å². The lowest BCUT2D eigenvalue weighted by atomic mass is 10.2. The van der Waals surface area contributed by atoms with Gasteiger partial charge in [-0.1, -0.05) is 18.2 Å². The van der Waals surface area contributed by atoms with Gasteiger partial charge in [0.05, 0.1) is 0 Å². The molecule has 6 nitrogen and oxygen atoms in total. The molecular formula is C10H10N4O2. The zero-order valence-electron chi connectivity index (χ0n) is 8.31. The summed E-state index contributed by atoms with van der Waals surface area (Å²) in [7, 11) is 0. The lowest BCUT2D eigenvalue weighted by Crippen LogP contribution is -2.18. The highest BCUT2D eigenvalue weighted by molar-refractivity contribution is 5.89. The summed E-state index contributed by atoms with van der Waals surface area (Å²) in [5, 5.41) is 2.88. The van der Waals surface area contributed by atoms with E-state index < -0.39 is 6.09 Å². The van der Waals surface area contributed by atoms with Crippen molar-refractivity contribution in [2.24, 2.45) is 16.5 Å². The maximum absolute atomic E-state index is 10.6. The number of amides is 1. The first kappa shape index (κ1) is 10.0. The van der Waals surface area contributed by atoms with Crippen LogP contribution in [0.15, 0.2) is 41.0 Å². The van der Waals surface area contributed by atoms with E-state index in [1.165, 1.54) is 0 Å². The van der Waals surface area contributed by atoms with Crippen LogP contribution in [-0.2, 0) is 4.74 Å². The molecule has 1 amide bonds. The van der Waals surface area contributed by atoms with Gasteiger partial charge in [0.25, 0.3) is 5.88 Å². The molecule has 1 aromatic rings. The van der Waals surface area contributed by atoms with Crippen molar-refractivity contribution < 1.29 is 9.53 Å². The number of hydrogen-bond donors (Lipinski definition) is 3. The van der Waals surface area contributed by atoms with Crippen LogP contribution in [0.1, 0.15) is 5.56 Å². The van der Waals surface area contributed by atoms with Crippen molar-refractivity contribution in [2.45, 2.75) is 0 Å². The Morgan fingerprint density at radius 2 is 2.12 bits per heavy atom. The van der Waals surface area contributed by atoms with Crippen LogP contribution < -0.4 is 16.8 Å². The molecule has 0 radical (unpaired) electrons. The molecule has 0 aliphatic carbocycles. The highest BCUT2D eigenvalue weighted by Gasteiger charge is 2.12. The topological polar surface area (TPSA) is 103 Å². The van der Waals surface area contributed by atoms with Crippen molar-refractivity contribution in [3.63, 3.8) is 0 Å². The number of carbonyl (C=O) groups excluding carboxylic acids is 1. The van der Waals surface area contributed by atoms with E-state index in [9.17, 15) is 4.79 Å². The molecule has 0 saturated heterocycles. The highest BCUT2D eigenvalue weighted by atomic mass is 16.6. The van der Waals surface area contributed by atoms with Gasteiger partial charge in [-0.15, -0.1) is 0 Å². The largest absolute Gasteiger partial charge is 0.411 e. The predicted molar refractivity (Wildman–Crippen MR) is 59.5 cm³/mol. The number of nitrogens with zero attached hydrogens (tertiary/aromatic N) is 1. The number of carbonyl (C=O) groups is 1. The highest BCUT2D eigenvalue weighted by Crippen LogP contribution is 2.19. The maximum Gasteiger partial charge on any atom is 0.411 e. The summed E-state index contributed by atoms with van der Waals surface area (Å²) in [5.74, 6) is 0.101. The van der Waals surface area contributed by atoms with E-state index in [1.54, 1.807) is 6.21 Å². The first-order valence-corrected chi connectivity index (χ1v) is 4.54. The van der Waals surface area contributed by atoms with Gasteiger partial charge in [0.15, 0.2) is 5.82 Å². The van der Waals surface area contributed by atoms with Crippen LogP contribution in [0.2, 0.25) is 0 Å². The fourth-order valence-corrected chi connectivity index (χ4v) is 1.30. The smallest absolute Gasteiger partial charge is 0.387 e. The zero-order valence-corrected chi connectivity index (χ0v) is 8.31. The van der Waals surface area contributed by atoms with Crippen LogP contribution in [0.4, 0.5) is 10.5 Å². The zero-order chi connectivity index (χ0) is 11.5. The first-order chi connectivity index (χ1) is 7.66. The van der Waals surface area contributed by atoms with Crippen LogP contribution >= 0.6 is 0 Å². The Labute approximate surface area is 91.6 Å². The fraction of sp³-hybridized carbons (Fsp3) is 0. The molecule has 16 heavy (non-hydrogen) atoms. The van der Waals surface area contributed by atoms with Crippen molar-refractivity contribution in [1.82, 2.24) is 0 Å². The number of benzene rings is 1. The second kappa shape index (κ2) is 3.93. The van der Waals surface area contributed by atoms with E-state index in [2.05, 4.69) is 15.0 Å². The molecule has 0 unspecified atom stereocenters. The normalized spacial score (nSPS) is 13.8. The maximum atomic E-state index is 10.6. The number of nitrogens with two attached hydrogens (primary N) is 2. The number of primary amides is 1. The van der Waals surface area contributed by atoms with E-state index in [0.29, 0.717) is 0 Å². The van der Waals surface area contributed by atoms with E-state index in [0.717, 1.165) is 11.3 Å². The van der Waals surface area contributed by atoms with Gasteiger partial charge < -0.3 is 21.5 Å². The molecule has 1 aliphatic rings. The summed E-state index contributed by atoms with van der Waals surface area (Å²) in [4.78, 5) is 14.5. The Balaban J connectivity index is 2.36. The second-order valence-corrected chi connectivity index (χ2v) is 3.11. The van der Waals surface area contributed by atoms with Gasteiger partial charge >= 0.3 is 6.09 Å². The van der Waals surface area contributed by atoms with Gasteiger partial charge in [-0.2, -0.15) is 0 Å². The van der Waals surface area contributed by atoms with E-state index >= 15 is 0 Å². The molecular weight excluding hydrogens is 208 g/mol. The van der Waals surface area contributed by atoms with Gasteiger partial charge in [0, 0.05) is 17.5 Å². The Hall–Kier alpha value is -2.50. The van der Waals surface area contributed by atoms with Crippen molar-refractivity contribution in [3.05, 3.63) is 41.5 Å². The van der Waals surface area contributed by atoms with Crippen LogP contribution in [0.3, 0.4) is 0 Å². The third-order valence-electron chi connectivity index (χ3n) is 1.98. The summed E-state index contributed by atoms with van der Waals surface area (Å²) in [6.07, 6.45) is 0.586. The summed E-state index contributed by atoms with van der Waals surface area (Å²) < 4.78 is 4.65. The third-order valence-corrected chi connectivity index (χ3v) is 1.98. The fourth-order valence-electron chi connectivity index (χ4n) is 1.30. The van der Waals surface area contributed by atoms with E-state index in [-0.39, 0.29) is 11.7 Å². The Morgan fingerprint density at radius 1 is 1.38 bits per heavy atom. The molecule has 82 valence electrons. The van der Waals surface area contributed by atoms with Gasteiger partial charge in [-0.25, -0.2) is 9.79 Å². The molecule has 0 atom stereocenters. The average Bonchev–Trinajstić information content (AvgIpc) is 2.39. The van der Waals surface area contributed by atoms with Crippen LogP contribution in [-0.4, -0.2) is 12.3 Å². The number of nitrogens with one attached hydrogen (secondary N) is 1. The molecule has 0 bridgehead atoms. The number of fused-ring (bicyclic) bond motifs is 1.